The fourth-order valence-corrected chi connectivity index (χ4v) is 4.63. The molecule has 31 heavy (non-hydrogen) atoms. The molecule has 1 aromatic carbocycles. The highest BCUT2D eigenvalue weighted by molar-refractivity contribution is 5.93. The molecule has 1 fully saturated rings. The van der Waals surface area contributed by atoms with Crippen molar-refractivity contribution in [3.05, 3.63) is 71.3 Å². The SMILES string of the molecule is O=C(c1ccnn1C(F)F)N1CCc2[nH]cnc2[C@H]1c1oc2ccccc2c1C1CC1. The van der Waals surface area contributed by atoms with Gasteiger partial charge in [0.1, 0.15) is 23.1 Å². The summed E-state index contributed by atoms with van der Waals surface area (Å²) in [5, 5.41) is 4.66. The monoisotopic (exact) mass is 423 g/mol. The Morgan fingerprint density at radius 1 is 1.23 bits per heavy atom. The first-order valence-corrected chi connectivity index (χ1v) is 10.3. The first-order valence-electron chi connectivity index (χ1n) is 10.3. The molecule has 7 nitrogen and oxygen atoms in total. The van der Waals surface area contributed by atoms with Crippen molar-refractivity contribution >= 4 is 16.9 Å². The predicted octanol–water partition coefficient (Wildman–Crippen LogP) is 4.41. The molecule has 4 heterocycles. The van der Waals surface area contributed by atoms with E-state index in [1.165, 1.54) is 12.3 Å². The summed E-state index contributed by atoms with van der Waals surface area (Å²) in [4.78, 5) is 22.7. The van der Waals surface area contributed by atoms with Crippen molar-refractivity contribution < 1.29 is 18.0 Å². The Kier molecular flexibility index (Phi) is 3.99. The number of carbonyl (C=O) groups is 1. The number of nitrogens with zero attached hydrogens (tertiary/aromatic N) is 4. The molecule has 2 aliphatic rings. The second-order valence-electron chi connectivity index (χ2n) is 8.01. The van der Waals surface area contributed by atoms with Crippen molar-refractivity contribution in [2.75, 3.05) is 6.54 Å². The number of para-hydroxylation sites is 1. The van der Waals surface area contributed by atoms with Crippen LogP contribution in [-0.4, -0.2) is 37.1 Å². The first kappa shape index (κ1) is 18.3. The fourth-order valence-electron chi connectivity index (χ4n) is 4.63. The van der Waals surface area contributed by atoms with Crippen LogP contribution in [0.15, 0.2) is 47.3 Å². The Hall–Kier alpha value is -3.49. The number of rotatable bonds is 4. The van der Waals surface area contributed by atoms with Gasteiger partial charge in [-0.1, -0.05) is 18.2 Å². The lowest BCUT2D eigenvalue weighted by atomic mass is 9.95. The van der Waals surface area contributed by atoms with Gasteiger partial charge >= 0.3 is 6.55 Å². The number of carbonyl (C=O) groups excluding carboxylic acids is 1. The molecule has 1 aliphatic heterocycles. The van der Waals surface area contributed by atoms with Gasteiger partial charge in [-0.3, -0.25) is 4.79 Å². The average Bonchev–Trinajstić information content (AvgIpc) is 3.20. The van der Waals surface area contributed by atoms with E-state index < -0.39 is 18.5 Å². The summed E-state index contributed by atoms with van der Waals surface area (Å²) >= 11 is 0. The minimum Gasteiger partial charge on any atom is -0.458 e. The van der Waals surface area contributed by atoms with Crippen LogP contribution in [0, 0.1) is 0 Å². The summed E-state index contributed by atoms with van der Waals surface area (Å²) in [7, 11) is 0. The molecule has 0 saturated heterocycles. The van der Waals surface area contributed by atoms with E-state index in [2.05, 4.69) is 15.1 Å². The number of hydrogen-bond donors (Lipinski definition) is 1. The van der Waals surface area contributed by atoms with E-state index in [1.54, 1.807) is 11.2 Å². The van der Waals surface area contributed by atoms with Gasteiger partial charge in [-0.25, -0.2) is 4.98 Å². The van der Waals surface area contributed by atoms with Crippen LogP contribution in [0.4, 0.5) is 8.78 Å². The molecule has 3 aromatic heterocycles. The van der Waals surface area contributed by atoms with Crippen molar-refractivity contribution in [3.8, 4) is 0 Å². The highest BCUT2D eigenvalue weighted by atomic mass is 19.3. The maximum atomic E-state index is 13.5. The summed E-state index contributed by atoms with van der Waals surface area (Å²) in [6.07, 6.45) is 5.49. The molecular weight excluding hydrogens is 404 g/mol. The molecule has 0 unspecified atom stereocenters. The molecule has 6 rings (SSSR count). The van der Waals surface area contributed by atoms with Crippen LogP contribution in [-0.2, 0) is 6.42 Å². The molecule has 1 saturated carbocycles. The number of aromatic amines is 1. The number of furan rings is 1. The molecule has 1 N–H and O–H groups in total. The van der Waals surface area contributed by atoms with E-state index in [4.69, 9.17) is 4.42 Å². The van der Waals surface area contributed by atoms with Crippen LogP contribution in [0.3, 0.4) is 0 Å². The van der Waals surface area contributed by atoms with Crippen molar-refractivity contribution in [1.82, 2.24) is 24.6 Å². The molecular formula is C22H19F2N5O2. The third-order valence-corrected chi connectivity index (χ3v) is 6.16. The van der Waals surface area contributed by atoms with Crippen LogP contribution in [0.2, 0.25) is 0 Å². The fraction of sp³-hybridized carbons (Fsp3) is 0.318. The van der Waals surface area contributed by atoms with Gasteiger partial charge in [0.15, 0.2) is 0 Å². The smallest absolute Gasteiger partial charge is 0.333 e. The van der Waals surface area contributed by atoms with Gasteiger partial charge in [0.2, 0.25) is 0 Å². The molecule has 4 aromatic rings. The first-order chi connectivity index (χ1) is 15.1. The van der Waals surface area contributed by atoms with Crippen molar-refractivity contribution in [2.24, 2.45) is 0 Å². The number of alkyl halides is 2. The molecule has 0 radical (unpaired) electrons. The minimum absolute atomic E-state index is 0.150. The van der Waals surface area contributed by atoms with E-state index in [0.29, 0.717) is 35.0 Å². The van der Waals surface area contributed by atoms with Gasteiger partial charge in [-0.05, 0) is 30.9 Å². The van der Waals surface area contributed by atoms with E-state index in [1.807, 2.05) is 24.3 Å². The van der Waals surface area contributed by atoms with Crippen molar-refractivity contribution in [1.29, 1.82) is 0 Å². The summed E-state index contributed by atoms with van der Waals surface area (Å²) < 4.78 is 33.6. The number of fused-ring (bicyclic) bond motifs is 2. The molecule has 9 heteroatoms. The lowest BCUT2D eigenvalue weighted by Crippen LogP contribution is -2.41. The lowest BCUT2D eigenvalue weighted by Gasteiger charge is -2.34. The lowest BCUT2D eigenvalue weighted by molar-refractivity contribution is 0.0436. The highest BCUT2D eigenvalue weighted by Crippen LogP contribution is 2.50. The maximum absolute atomic E-state index is 13.5. The van der Waals surface area contributed by atoms with E-state index in [0.717, 1.165) is 35.1 Å². The maximum Gasteiger partial charge on any atom is 0.333 e. The van der Waals surface area contributed by atoms with Gasteiger partial charge in [-0.15, -0.1) is 0 Å². The van der Waals surface area contributed by atoms with Gasteiger partial charge in [0.05, 0.1) is 12.0 Å². The number of nitrogens with one attached hydrogen (secondary N) is 1. The number of H-pyrrole nitrogens is 1. The van der Waals surface area contributed by atoms with Crippen molar-refractivity contribution in [3.63, 3.8) is 0 Å². The predicted molar refractivity (Wildman–Crippen MR) is 107 cm³/mol. The summed E-state index contributed by atoms with van der Waals surface area (Å²) in [5.41, 5.74) is 3.33. The molecule has 158 valence electrons. The zero-order valence-corrected chi connectivity index (χ0v) is 16.5. The van der Waals surface area contributed by atoms with Crippen LogP contribution in [0.1, 0.15) is 64.6 Å². The van der Waals surface area contributed by atoms with Gasteiger partial charge < -0.3 is 14.3 Å². The van der Waals surface area contributed by atoms with Gasteiger partial charge in [0, 0.05) is 35.8 Å². The third kappa shape index (κ3) is 2.79. The molecule has 0 bridgehead atoms. The Morgan fingerprint density at radius 2 is 2.06 bits per heavy atom. The Balaban J connectivity index is 1.53. The summed E-state index contributed by atoms with van der Waals surface area (Å²) in [6, 6.07) is 8.56. The zero-order valence-electron chi connectivity index (χ0n) is 16.5. The van der Waals surface area contributed by atoms with Crippen LogP contribution < -0.4 is 0 Å². The molecule has 0 spiro atoms. The summed E-state index contributed by atoms with van der Waals surface area (Å²) in [6.45, 7) is -2.54. The third-order valence-electron chi connectivity index (χ3n) is 6.16. The topological polar surface area (TPSA) is 80.0 Å². The number of imidazole rings is 1. The number of amides is 1. The zero-order chi connectivity index (χ0) is 21.1. The second-order valence-corrected chi connectivity index (χ2v) is 8.01. The van der Waals surface area contributed by atoms with E-state index >= 15 is 0 Å². The van der Waals surface area contributed by atoms with Crippen LogP contribution in [0.25, 0.3) is 11.0 Å². The van der Waals surface area contributed by atoms with Crippen LogP contribution in [0.5, 0.6) is 0 Å². The largest absolute Gasteiger partial charge is 0.458 e. The molecule has 1 atom stereocenters. The Labute approximate surface area is 175 Å². The van der Waals surface area contributed by atoms with Gasteiger partial charge in [0.25, 0.3) is 5.91 Å². The van der Waals surface area contributed by atoms with E-state index in [-0.39, 0.29) is 5.69 Å². The normalized spacial score (nSPS) is 18.7. The molecule has 1 aliphatic carbocycles. The number of hydrogen-bond acceptors (Lipinski definition) is 4. The standard InChI is InChI=1S/C22H19F2N5O2/c23-22(24)29-15(7-9-27-29)21(30)28-10-8-14-18(26-11-25-14)19(28)20-17(12-5-6-12)13-3-1-2-4-16(13)31-20/h1-4,7,9,11-12,19,22H,5-6,8,10H2,(H,25,26)/t19-/m0/s1. The Morgan fingerprint density at radius 3 is 2.87 bits per heavy atom. The van der Waals surface area contributed by atoms with E-state index in [9.17, 15) is 13.6 Å². The minimum atomic E-state index is -2.90. The number of benzene rings is 1. The van der Waals surface area contributed by atoms with Crippen LogP contribution >= 0.6 is 0 Å². The van der Waals surface area contributed by atoms with Crippen molar-refractivity contribution in [2.45, 2.75) is 37.8 Å². The van der Waals surface area contributed by atoms with Gasteiger partial charge in [-0.2, -0.15) is 18.6 Å². The average molecular weight is 423 g/mol. The number of aromatic nitrogens is 4. The second kappa shape index (κ2) is 6.76. The highest BCUT2D eigenvalue weighted by Gasteiger charge is 2.42. The molecule has 1 amide bonds. The summed E-state index contributed by atoms with van der Waals surface area (Å²) in [5.74, 6) is 0.526. The number of halogens is 2. The Bertz CT molecular complexity index is 1290. The quantitative estimate of drug-likeness (QED) is 0.527.